The first-order valence-corrected chi connectivity index (χ1v) is 6.31. The van der Waals surface area contributed by atoms with Gasteiger partial charge >= 0.3 is 0 Å². The maximum Gasteiger partial charge on any atom is 0.223 e. The highest BCUT2D eigenvalue weighted by Gasteiger charge is 2.29. The van der Waals surface area contributed by atoms with Crippen LogP contribution in [0.2, 0.25) is 0 Å². The minimum Gasteiger partial charge on any atom is -0.255 e. The average Bonchev–Trinajstić information content (AvgIpc) is 2.77. The molecule has 0 radical (unpaired) electrons. The summed E-state index contributed by atoms with van der Waals surface area (Å²) in [6.07, 6.45) is 4.07. The number of pyridine rings is 2. The molecular formula is C16H13N2+. The lowest BCUT2D eigenvalue weighted by atomic mass is 10.1. The zero-order valence-corrected chi connectivity index (χ0v) is 10.2. The summed E-state index contributed by atoms with van der Waals surface area (Å²) < 4.78 is 2.30. The van der Waals surface area contributed by atoms with Crippen molar-refractivity contribution in [2.45, 2.75) is 13.5 Å². The van der Waals surface area contributed by atoms with Gasteiger partial charge in [-0.25, -0.2) is 0 Å². The van der Waals surface area contributed by atoms with Crippen molar-refractivity contribution in [3.05, 3.63) is 48.8 Å². The third kappa shape index (κ3) is 1.07. The van der Waals surface area contributed by atoms with Gasteiger partial charge in [-0.2, -0.15) is 4.57 Å². The highest BCUT2D eigenvalue weighted by Crippen LogP contribution is 2.43. The minimum absolute atomic E-state index is 0.980. The first-order chi connectivity index (χ1) is 8.90. The Balaban J connectivity index is 2.27. The number of rotatable bonds is 1. The molecule has 0 saturated carbocycles. The summed E-state index contributed by atoms with van der Waals surface area (Å²) in [5.74, 6) is 0. The molecule has 1 aliphatic rings. The predicted molar refractivity (Wildman–Crippen MR) is 72.0 cm³/mol. The van der Waals surface area contributed by atoms with Crippen LogP contribution < -0.4 is 4.57 Å². The minimum atomic E-state index is 0.980. The molecule has 3 aromatic rings. The van der Waals surface area contributed by atoms with E-state index in [1.165, 1.54) is 27.6 Å². The average molecular weight is 233 g/mol. The molecule has 0 aliphatic heterocycles. The first kappa shape index (κ1) is 9.77. The lowest BCUT2D eigenvalue weighted by Crippen LogP contribution is -2.34. The molecule has 2 aromatic heterocycles. The van der Waals surface area contributed by atoms with Crippen LogP contribution in [0.5, 0.6) is 0 Å². The Hall–Kier alpha value is -2.22. The molecule has 0 saturated heterocycles. The third-order valence-corrected chi connectivity index (χ3v) is 3.72. The summed E-state index contributed by atoms with van der Waals surface area (Å²) in [5, 5.41) is 2.57. The summed E-state index contributed by atoms with van der Waals surface area (Å²) in [6, 6.07) is 12.8. The molecule has 1 aliphatic carbocycles. The lowest BCUT2D eigenvalue weighted by molar-refractivity contribution is -0.681. The van der Waals surface area contributed by atoms with Crippen LogP contribution in [0.15, 0.2) is 48.8 Å². The van der Waals surface area contributed by atoms with Crippen LogP contribution in [0.1, 0.15) is 6.92 Å². The van der Waals surface area contributed by atoms with Gasteiger partial charge in [0.15, 0.2) is 6.20 Å². The van der Waals surface area contributed by atoms with E-state index in [1.807, 2.05) is 6.20 Å². The third-order valence-electron chi connectivity index (χ3n) is 3.72. The predicted octanol–water partition coefficient (Wildman–Crippen LogP) is 3.19. The van der Waals surface area contributed by atoms with Gasteiger partial charge in [0.05, 0.1) is 16.6 Å². The van der Waals surface area contributed by atoms with Gasteiger partial charge in [0.2, 0.25) is 5.69 Å². The molecule has 0 spiro atoms. The molecule has 18 heavy (non-hydrogen) atoms. The maximum atomic E-state index is 4.58. The van der Waals surface area contributed by atoms with Crippen molar-refractivity contribution in [3.8, 4) is 22.5 Å². The molecule has 2 nitrogen and oxygen atoms in total. The number of hydrogen-bond donors (Lipinski definition) is 0. The summed E-state index contributed by atoms with van der Waals surface area (Å²) >= 11 is 0. The van der Waals surface area contributed by atoms with Crippen LogP contribution >= 0.6 is 0 Å². The number of aromatic nitrogens is 2. The summed E-state index contributed by atoms with van der Waals surface area (Å²) in [7, 11) is 0. The molecule has 0 bridgehead atoms. The summed E-state index contributed by atoms with van der Waals surface area (Å²) in [6.45, 7) is 3.16. The first-order valence-electron chi connectivity index (χ1n) is 6.31. The monoisotopic (exact) mass is 233 g/mol. The molecule has 0 atom stereocenters. The van der Waals surface area contributed by atoms with Crippen LogP contribution in [0, 0.1) is 0 Å². The second-order valence-corrected chi connectivity index (χ2v) is 4.62. The van der Waals surface area contributed by atoms with Gasteiger partial charge in [0.25, 0.3) is 0 Å². The molecule has 2 heteroatoms. The Morgan fingerprint density at radius 2 is 1.89 bits per heavy atom. The van der Waals surface area contributed by atoms with Gasteiger partial charge in [-0.3, -0.25) is 4.98 Å². The molecule has 0 unspecified atom stereocenters. The van der Waals surface area contributed by atoms with Gasteiger partial charge in [-0.1, -0.05) is 18.2 Å². The number of aryl methyl sites for hydroxylation is 1. The second-order valence-electron chi connectivity index (χ2n) is 4.62. The highest BCUT2D eigenvalue weighted by molar-refractivity contribution is 6.11. The van der Waals surface area contributed by atoms with E-state index in [0.717, 1.165) is 12.2 Å². The second kappa shape index (κ2) is 3.39. The van der Waals surface area contributed by atoms with Crippen molar-refractivity contribution in [2.24, 2.45) is 0 Å². The standard InChI is InChI=1S/C16H13N2/c1-2-18-10-8-11-7-9-17-15-12-5-3-4-6-13(12)16(18)14(11)15/h3-10H,2H2,1H3/q+1. The van der Waals surface area contributed by atoms with E-state index in [0.29, 0.717) is 0 Å². The Kier molecular flexibility index (Phi) is 1.84. The van der Waals surface area contributed by atoms with Gasteiger partial charge < -0.3 is 0 Å². The van der Waals surface area contributed by atoms with Crippen LogP contribution in [-0.2, 0) is 6.54 Å². The van der Waals surface area contributed by atoms with Gasteiger partial charge in [-0.05, 0) is 24.4 Å². The fraction of sp³-hybridized carbons (Fsp3) is 0.125. The van der Waals surface area contributed by atoms with Gasteiger partial charge in [-0.15, -0.1) is 0 Å². The van der Waals surface area contributed by atoms with Crippen molar-refractivity contribution in [1.82, 2.24) is 4.98 Å². The number of hydrogen-bond acceptors (Lipinski definition) is 1. The Bertz CT molecular complexity index is 775. The van der Waals surface area contributed by atoms with Crippen LogP contribution in [0.3, 0.4) is 0 Å². The maximum absolute atomic E-state index is 4.58. The lowest BCUT2D eigenvalue weighted by Gasteiger charge is -2.01. The van der Waals surface area contributed by atoms with Crippen molar-refractivity contribution >= 4 is 10.8 Å². The topological polar surface area (TPSA) is 16.8 Å². The number of nitrogens with zero attached hydrogens (tertiary/aromatic N) is 2. The van der Waals surface area contributed by atoms with Crippen molar-refractivity contribution in [2.75, 3.05) is 0 Å². The SMILES string of the molecule is CC[n+]1ccc2ccnc3c2c1-c1ccccc1-3. The smallest absolute Gasteiger partial charge is 0.223 e. The van der Waals surface area contributed by atoms with E-state index in [-0.39, 0.29) is 0 Å². The quantitative estimate of drug-likeness (QED) is 0.461. The zero-order valence-electron chi connectivity index (χ0n) is 10.2. The fourth-order valence-electron chi connectivity index (χ4n) is 2.91. The number of fused-ring (bicyclic) bond motifs is 3. The van der Waals surface area contributed by atoms with Crippen molar-refractivity contribution in [1.29, 1.82) is 0 Å². The van der Waals surface area contributed by atoms with Gasteiger partial charge in [0.1, 0.15) is 6.54 Å². The van der Waals surface area contributed by atoms with Crippen LogP contribution in [0.25, 0.3) is 33.3 Å². The van der Waals surface area contributed by atoms with Crippen molar-refractivity contribution in [3.63, 3.8) is 0 Å². The molecule has 0 fully saturated rings. The van der Waals surface area contributed by atoms with Crippen LogP contribution in [0.4, 0.5) is 0 Å². The van der Waals surface area contributed by atoms with E-state index in [1.54, 1.807) is 0 Å². The van der Waals surface area contributed by atoms with E-state index in [4.69, 9.17) is 0 Å². The summed E-state index contributed by atoms with van der Waals surface area (Å²) in [5.41, 5.74) is 5.00. The fourth-order valence-corrected chi connectivity index (χ4v) is 2.91. The Morgan fingerprint density at radius 1 is 1.06 bits per heavy atom. The molecular weight excluding hydrogens is 220 g/mol. The summed E-state index contributed by atoms with van der Waals surface area (Å²) in [4.78, 5) is 4.58. The Morgan fingerprint density at radius 3 is 2.72 bits per heavy atom. The largest absolute Gasteiger partial charge is 0.255 e. The van der Waals surface area contributed by atoms with Crippen molar-refractivity contribution < 1.29 is 4.57 Å². The molecule has 0 N–H and O–H groups in total. The molecule has 86 valence electrons. The highest BCUT2D eigenvalue weighted by atomic mass is 15.0. The zero-order chi connectivity index (χ0) is 12.1. The normalized spacial score (nSPS) is 11.8. The molecule has 2 heterocycles. The molecule has 1 aromatic carbocycles. The van der Waals surface area contributed by atoms with E-state index in [2.05, 4.69) is 59.1 Å². The van der Waals surface area contributed by atoms with E-state index < -0.39 is 0 Å². The van der Waals surface area contributed by atoms with Gasteiger partial charge in [0, 0.05) is 17.8 Å². The molecule has 0 amide bonds. The number of benzene rings is 1. The van der Waals surface area contributed by atoms with E-state index in [9.17, 15) is 0 Å². The molecule has 4 rings (SSSR count). The Labute approximate surface area is 106 Å². The van der Waals surface area contributed by atoms with E-state index >= 15 is 0 Å². The van der Waals surface area contributed by atoms with Crippen LogP contribution in [-0.4, -0.2) is 4.98 Å².